The van der Waals surface area contributed by atoms with Gasteiger partial charge in [0.1, 0.15) is 5.75 Å². The standard InChI is InChI=1S/C19H21NO4/c1-12-7-8-15(9-13(12)2)14(3)20-19(23)16-5-4-6-17(10-16)24-11-18(21)22/h4-10,14H,11H2,1-3H3,(H,20,23)(H,21,22). The number of carbonyl (C=O) groups is 2. The van der Waals surface area contributed by atoms with E-state index in [9.17, 15) is 9.59 Å². The van der Waals surface area contributed by atoms with E-state index in [1.807, 2.05) is 32.9 Å². The number of carbonyl (C=O) groups excluding carboxylic acids is 1. The minimum atomic E-state index is -1.06. The van der Waals surface area contributed by atoms with Crippen LogP contribution in [0.2, 0.25) is 0 Å². The maximum atomic E-state index is 12.4. The largest absolute Gasteiger partial charge is 0.482 e. The summed E-state index contributed by atoms with van der Waals surface area (Å²) in [6.07, 6.45) is 0. The fraction of sp³-hybridized carbons (Fsp3) is 0.263. The Morgan fingerprint density at radius 1 is 1.12 bits per heavy atom. The van der Waals surface area contributed by atoms with E-state index in [-0.39, 0.29) is 11.9 Å². The number of aryl methyl sites for hydroxylation is 2. The van der Waals surface area contributed by atoms with Crippen molar-refractivity contribution in [3.05, 3.63) is 64.7 Å². The summed E-state index contributed by atoms with van der Waals surface area (Å²) in [4.78, 5) is 22.9. The van der Waals surface area contributed by atoms with Crippen LogP contribution >= 0.6 is 0 Å². The lowest BCUT2D eigenvalue weighted by atomic mass is 10.0. The van der Waals surface area contributed by atoms with Gasteiger partial charge >= 0.3 is 5.97 Å². The lowest BCUT2D eigenvalue weighted by Crippen LogP contribution is -2.26. The van der Waals surface area contributed by atoms with Gasteiger partial charge in [-0.2, -0.15) is 0 Å². The summed E-state index contributed by atoms with van der Waals surface area (Å²) in [6.45, 7) is 5.57. The summed E-state index contributed by atoms with van der Waals surface area (Å²) in [5.41, 5.74) is 3.84. The highest BCUT2D eigenvalue weighted by Gasteiger charge is 2.13. The number of nitrogens with one attached hydrogen (secondary N) is 1. The molecule has 0 bridgehead atoms. The molecule has 2 N–H and O–H groups in total. The summed E-state index contributed by atoms with van der Waals surface area (Å²) in [7, 11) is 0. The van der Waals surface area contributed by atoms with Crippen LogP contribution in [0.1, 0.15) is 40.0 Å². The average molecular weight is 327 g/mol. The van der Waals surface area contributed by atoms with Crippen molar-refractivity contribution in [2.75, 3.05) is 6.61 Å². The molecule has 0 aliphatic rings. The molecule has 5 heteroatoms. The molecule has 2 aromatic carbocycles. The highest BCUT2D eigenvalue weighted by atomic mass is 16.5. The number of ether oxygens (including phenoxy) is 1. The van der Waals surface area contributed by atoms with Gasteiger partial charge in [-0.3, -0.25) is 4.79 Å². The summed E-state index contributed by atoms with van der Waals surface area (Å²) in [6, 6.07) is 12.4. The smallest absolute Gasteiger partial charge is 0.341 e. The number of benzene rings is 2. The monoisotopic (exact) mass is 327 g/mol. The fourth-order valence-electron chi connectivity index (χ4n) is 2.27. The molecule has 0 heterocycles. The van der Waals surface area contributed by atoms with Gasteiger partial charge in [-0.25, -0.2) is 4.79 Å². The molecule has 0 saturated heterocycles. The Labute approximate surface area is 141 Å². The molecule has 0 radical (unpaired) electrons. The first-order valence-corrected chi connectivity index (χ1v) is 7.69. The molecular weight excluding hydrogens is 306 g/mol. The second-order valence-corrected chi connectivity index (χ2v) is 5.75. The SMILES string of the molecule is Cc1ccc(C(C)NC(=O)c2cccc(OCC(=O)O)c2)cc1C. The Morgan fingerprint density at radius 3 is 2.54 bits per heavy atom. The Hall–Kier alpha value is -2.82. The molecule has 126 valence electrons. The van der Waals surface area contributed by atoms with Crippen LogP contribution in [0.15, 0.2) is 42.5 Å². The van der Waals surface area contributed by atoms with Gasteiger partial charge in [-0.05, 0) is 55.7 Å². The minimum absolute atomic E-state index is 0.139. The van der Waals surface area contributed by atoms with E-state index >= 15 is 0 Å². The first-order valence-electron chi connectivity index (χ1n) is 7.69. The first-order chi connectivity index (χ1) is 11.4. The zero-order valence-corrected chi connectivity index (χ0v) is 14.0. The molecule has 24 heavy (non-hydrogen) atoms. The zero-order valence-electron chi connectivity index (χ0n) is 14.0. The van der Waals surface area contributed by atoms with Crippen molar-refractivity contribution in [2.24, 2.45) is 0 Å². The average Bonchev–Trinajstić information content (AvgIpc) is 2.55. The molecule has 5 nitrogen and oxygen atoms in total. The van der Waals surface area contributed by atoms with Crippen LogP contribution in [0, 0.1) is 13.8 Å². The molecular formula is C19H21NO4. The van der Waals surface area contributed by atoms with E-state index in [1.54, 1.807) is 18.2 Å². The normalized spacial score (nSPS) is 11.6. The summed E-state index contributed by atoms with van der Waals surface area (Å²) in [5, 5.41) is 11.6. The van der Waals surface area contributed by atoms with Crippen molar-refractivity contribution in [3.63, 3.8) is 0 Å². The number of aliphatic carboxylic acids is 1. The number of carboxylic acid groups (broad SMARTS) is 1. The van der Waals surface area contributed by atoms with E-state index < -0.39 is 12.6 Å². The molecule has 2 aromatic rings. The maximum absolute atomic E-state index is 12.4. The van der Waals surface area contributed by atoms with Gasteiger partial charge in [0.25, 0.3) is 5.91 Å². The van der Waals surface area contributed by atoms with Crippen molar-refractivity contribution in [3.8, 4) is 5.75 Å². The third kappa shape index (κ3) is 4.59. The molecule has 2 rings (SSSR count). The Bertz CT molecular complexity index is 755. The Kier molecular flexibility index (Phi) is 5.58. The van der Waals surface area contributed by atoms with E-state index in [0.717, 1.165) is 5.56 Å². The minimum Gasteiger partial charge on any atom is -0.482 e. The van der Waals surface area contributed by atoms with Crippen molar-refractivity contribution in [1.82, 2.24) is 5.32 Å². The number of amides is 1. The lowest BCUT2D eigenvalue weighted by molar-refractivity contribution is -0.139. The van der Waals surface area contributed by atoms with Gasteiger partial charge in [-0.15, -0.1) is 0 Å². The van der Waals surface area contributed by atoms with E-state index in [4.69, 9.17) is 9.84 Å². The van der Waals surface area contributed by atoms with Gasteiger partial charge < -0.3 is 15.2 Å². The lowest BCUT2D eigenvalue weighted by Gasteiger charge is -2.16. The van der Waals surface area contributed by atoms with Crippen LogP contribution in [-0.2, 0) is 4.79 Å². The van der Waals surface area contributed by atoms with Crippen molar-refractivity contribution in [1.29, 1.82) is 0 Å². The van der Waals surface area contributed by atoms with Gasteiger partial charge in [0, 0.05) is 5.56 Å². The number of hydrogen-bond donors (Lipinski definition) is 2. The van der Waals surface area contributed by atoms with Gasteiger partial charge in [-0.1, -0.05) is 24.3 Å². The fourth-order valence-corrected chi connectivity index (χ4v) is 2.27. The predicted molar refractivity (Wildman–Crippen MR) is 91.4 cm³/mol. The molecule has 1 atom stereocenters. The van der Waals surface area contributed by atoms with Crippen molar-refractivity contribution >= 4 is 11.9 Å². The molecule has 1 unspecified atom stereocenters. The molecule has 0 spiro atoms. The quantitative estimate of drug-likeness (QED) is 0.854. The maximum Gasteiger partial charge on any atom is 0.341 e. The molecule has 0 fully saturated rings. The topological polar surface area (TPSA) is 75.6 Å². The molecule has 0 aliphatic carbocycles. The highest BCUT2D eigenvalue weighted by Crippen LogP contribution is 2.18. The summed E-state index contributed by atoms with van der Waals surface area (Å²) in [5.74, 6) is -0.946. The second-order valence-electron chi connectivity index (χ2n) is 5.75. The van der Waals surface area contributed by atoms with Crippen LogP contribution < -0.4 is 10.1 Å². The van der Waals surface area contributed by atoms with Crippen LogP contribution in [0.4, 0.5) is 0 Å². The predicted octanol–water partition coefficient (Wildman–Crippen LogP) is 3.26. The van der Waals surface area contributed by atoms with E-state index in [0.29, 0.717) is 11.3 Å². The van der Waals surface area contributed by atoms with Crippen LogP contribution in [-0.4, -0.2) is 23.6 Å². The van der Waals surface area contributed by atoms with Crippen LogP contribution in [0.25, 0.3) is 0 Å². The van der Waals surface area contributed by atoms with Crippen LogP contribution in [0.3, 0.4) is 0 Å². The Balaban J connectivity index is 2.07. The van der Waals surface area contributed by atoms with Gasteiger partial charge in [0.05, 0.1) is 6.04 Å². The van der Waals surface area contributed by atoms with Crippen LogP contribution in [0.5, 0.6) is 5.75 Å². The molecule has 0 saturated carbocycles. The molecule has 0 aromatic heterocycles. The number of rotatable bonds is 6. The first kappa shape index (κ1) is 17.5. The third-order valence-corrected chi connectivity index (χ3v) is 3.84. The van der Waals surface area contributed by atoms with Gasteiger partial charge in [0.15, 0.2) is 6.61 Å². The summed E-state index contributed by atoms with van der Waals surface area (Å²) < 4.78 is 5.10. The zero-order chi connectivity index (χ0) is 17.7. The summed E-state index contributed by atoms with van der Waals surface area (Å²) >= 11 is 0. The van der Waals surface area contributed by atoms with E-state index in [1.165, 1.54) is 17.2 Å². The second kappa shape index (κ2) is 7.64. The Morgan fingerprint density at radius 2 is 1.88 bits per heavy atom. The van der Waals surface area contributed by atoms with E-state index in [2.05, 4.69) is 11.4 Å². The van der Waals surface area contributed by atoms with Crippen molar-refractivity contribution < 1.29 is 19.4 Å². The molecule has 0 aliphatic heterocycles. The third-order valence-electron chi connectivity index (χ3n) is 3.84. The number of hydrogen-bond acceptors (Lipinski definition) is 3. The van der Waals surface area contributed by atoms with Gasteiger partial charge in [0.2, 0.25) is 0 Å². The van der Waals surface area contributed by atoms with Crippen molar-refractivity contribution in [2.45, 2.75) is 26.8 Å². The molecule has 1 amide bonds. The highest BCUT2D eigenvalue weighted by molar-refractivity contribution is 5.94. The number of carboxylic acids is 1.